The Hall–Kier alpha value is -3.59. The minimum atomic E-state index is 0.288. The minimum absolute atomic E-state index is 0.288. The van der Waals surface area contributed by atoms with Gasteiger partial charge in [-0.2, -0.15) is 0 Å². The van der Waals surface area contributed by atoms with Crippen molar-refractivity contribution in [1.29, 1.82) is 0 Å². The van der Waals surface area contributed by atoms with Crippen LogP contribution in [0.2, 0.25) is 0 Å². The molecule has 0 amide bonds. The van der Waals surface area contributed by atoms with Gasteiger partial charge in [0.2, 0.25) is 0 Å². The third-order valence-corrected chi connectivity index (χ3v) is 6.71. The van der Waals surface area contributed by atoms with Crippen LogP contribution in [0.4, 0.5) is 5.82 Å². The Kier molecular flexibility index (Phi) is 6.12. The van der Waals surface area contributed by atoms with E-state index in [1.807, 2.05) is 19.1 Å². The zero-order valence-electron chi connectivity index (χ0n) is 19.1. The lowest BCUT2D eigenvalue weighted by Gasteiger charge is -2.33. The van der Waals surface area contributed by atoms with Crippen molar-refractivity contribution >= 4 is 5.82 Å². The first-order chi connectivity index (χ1) is 16.2. The first kappa shape index (κ1) is 21.3. The number of nitrogens with zero attached hydrogens (tertiary/aromatic N) is 2. The summed E-state index contributed by atoms with van der Waals surface area (Å²) in [5.74, 6) is 2.05. The number of piperidine rings is 1. The molecule has 0 bridgehead atoms. The number of benzene rings is 3. The number of pyridine rings is 1. The predicted molar refractivity (Wildman–Crippen MR) is 137 cm³/mol. The number of anilines is 1. The Morgan fingerprint density at radius 1 is 0.818 bits per heavy atom. The molecule has 0 radical (unpaired) electrons. The quantitative estimate of drug-likeness (QED) is 0.372. The summed E-state index contributed by atoms with van der Waals surface area (Å²) < 4.78 is 0. The maximum atomic E-state index is 9.88. The molecule has 4 aromatic rings. The molecule has 33 heavy (non-hydrogen) atoms. The highest BCUT2D eigenvalue weighted by Crippen LogP contribution is 2.33. The number of aromatic nitrogens is 1. The van der Waals surface area contributed by atoms with Gasteiger partial charge in [0, 0.05) is 18.7 Å². The molecule has 3 heteroatoms. The summed E-state index contributed by atoms with van der Waals surface area (Å²) in [4.78, 5) is 7.53. The molecular formula is C30H30N2O. The van der Waals surface area contributed by atoms with Crippen LogP contribution in [0.25, 0.3) is 22.4 Å². The summed E-state index contributed by atoms with van der Waals surface area (Å²) in [6.07, 6.45) is 3.52. The van der Waals surface area contributed by atoms with E-state index in [9.17, 15) is 5.11 Å². The van der Waals surface area contributed by atoms with Crippen molar-refractivity contribution in [3.05, 3.63) is 102 Å². The Morgan fingerprint density at radius 2 is 1.52 bits per heavy atom. The van der Waals surface area contributed by atoms with Crippen LogP contribution in [0.5, 0.6) is 5.75 Å². The highest BCUT2D eigenvalue weighted by molar-refractivity contribution is 5.75. The normalized spacial score (nSPS) is 14.4. The molecule has 0 atom stereocenters. The summed E-state index contributed by atoms with van der Waals surface area (Å²) in [5.41, 5.74) is 6.85. The van der Waals surface area contributed by atoms with Crippen LogP contribution in [0.3, 0.4) is 0 Å². The number of hydrogen-bond acceptors (Lipinski definition) is 3. The van der Waals surface area contributed by atoms with Crippen molar-refractivity contribution in [3.8, 4) is 28.1 Å². The van der Waals surface area contributed by atoms with Gasteiger partial charge in [0.05, 0.1) is 5.69 Å². The van der Waals surface area contributed by atoms with E-state index < -0.39 is 0 Å². The van der Waals surface area contributed by atoms with Crippen molar-refractivity contribution in [2.24, 2.45) is 5.92 Å². The van der Waals surface area contributed by atoms with Crippen molar-refractivity contribution in [2.75, 3.05) is 18.0 Å². The fourth-order valence-corrected chi connectivity index (χ4v) is 4.86. The van der Waals surface area contributed by atoms with E-state index >= 15 is 0 Å². The molecule has 3 nitrogen and oxygen atoms in total. The van der Waals surface area contributed by atoms with Gasteiger partial charge in [-0.1, -0.05) is 60.7 Å². The van der Waals surface area contributed by atoms with Crippen molar-refractivity contribution in [3.63, 3.8) is 0 Å². The van der Waals surface area contributed by atoms with Gasteiger partial charge in [0.25, 0.3) is 0 Å². The lowest BCUT2D eigenvalue weighted by atomic mass is 9.90. The molecule has 2 heterocycles. The summed E-state index contributed by atoms with van der Waals surface area (Å²) in [6.45, 7) is 4.08. The van der Waals surface area contributed by atoms with Gasteiger partial charge in [-0.3, -0.25) is 0 Å². The van der Waals surface area contributed by atoms with E-state index in [2.05, 4.69) is 71.6 Å². The summed E-state index contributed by atoms with van der Waals surface area (Å²) in [6, 6.07) is 31.3. The van der Waals surface area contributed by atoms with Crippen LogP contribution in [-0.4, -0.2) is 23.2 Å². The molecule has 1 aliphatic rings. The predicted octanol–water partition coefficient (Wildman–Crippen LogP) is 6.89. The Balaban J connectivity index is 1.43. The average Bonchev–Trinajstić information content (AvgIpc) is 2.85. The lowest BCUT2D eigenvalue weighted by Crippen LogP contribution is -2.35. The third kappa shape index (κ3) is 4.93. The molecule has 1 saturated heterocycles. The number of aryl methyl sites for hydroxylation is 1. The second kappa shape index (κ2) is 9.50. The third-order valence-electron chi connectivity index (χ3n) is 6.71. The Bertz CT molecular complexity index is 1210. The SMILES string of the molecule is Cc1cc(O)ccc1-c1cc(-c2ccccc2)cc(N2CCC(Cc3ccccc3)CC2)n1. The van der Waals surface area contributed by atoms with Crippen LogP contribution in [-0.2, 0) is 6.42 Å². The van der Waals surface area contributed by atoms with Crippen molar-refractivity contribution in [1.82, 2.24) is 4.98 Å². The molecule has 1 aromatic heterocycles. The fourth-order valence-electron chi connectivity index (χ4n) is 4.86. The maximum absolute atomic E-state index is 9.88. The van der Waals surface area contributed by atoms with Gasteiger partial charge in [0.1, 0.15) is 11.6 Å². The fraction of sp³-hybridized carbons (Fsp3) is 0.233. The Morgan fingerprint density at radius 3 is 2.21 bits per heavy atom. The second-order valence-electron chi connectivity index (χ2n) is 9.08. The monoisotopic (exact) mass is 434 g/mol. The maximum Gasteiger partial charge on any atom is 0.129 e. The zero-order valence-corrected chi connectivity index (χ0v) is 19.1. The summed E-state index contributed by atoms with van der Waals surface area (Å²) in [5, 5.41) is 9.88. The highest BCUT2D eigenvalue weighted by atomic mass is 16.3. The molecule has 5 rings (SSSR count). The minimum Gasteiger partial charge on any atom is -0.508 e. The number of rotatable bonds is 5. The highest BCUT2D eigenvalue weighted by Gasteiger charge is 2.22. The Labute approximate surface area is 196 Å². The summed E-state index contributed by atoms with van der Waals surface area (Å²) in [7, 11) is 0. The van der Waals surface area contributed by atoms with E-state index in [4.69, 9.17) is 4.98 Å². The molecule has 1 aliphatic heterocycles. The van der Waals surface area contributed by atoms with E-state index in [1.54, 1.807) is 12.1 Å². The summed E-state index contributed by atoms with van der Waals surface area (Å²) >= 11 is 0. The zero-order chi connectivity index (χ0) is 22.6. The number of phenols is 1. The van der Waals surface area contributed by atoms with Gasteiger partial charge in [0.15, 0.2) is 0 Å². The largest absolute Gasteiger partial charge is 0.508 e. The molecule has 0 aliphatic carbocycles. The van der Waals surface area contributed by atoms with Crippen molar-refractivity contribution in [2.45, 2.75) is 26.2 Å². The van der Waals surface area contributed by atoms with Gasteiger partial charge in [-0.05, 0) is 84.7 Å². The molecule has 166 valence electrons. The molecule has 0 unspecified atom stereocenters. The van der Waals surface area contributed by atoms with Crippen LogP contribution in [0.15, 0.2) is 91.0 Å². The first-order valence-electron chi connectivity index (χ1n) is 11.8. The molecule has 0 spiro atoms. The second-order valence-corrected chi connectivity index (χ2v) is 9.08. The van der Waals surface area contributed by atoms with E-state index in [0.717, 1.165) is 48.1 Å². The molecule has 1 N–H and O–H groups in total. The average molecular weight is 435 g/mol. The van der Waals surface area contributed by atoms with Crippen LogP contribution in [0, 0.1) is 12.8 Å². The smallest absolute Gasteiger partial charge is 0.129 e. The van der Waals surface area contributed by atoms with Gasteiger partial charge < -0.3 is 10.0 Å². The van der Waals surface area contributed by atoms with Crippen LogP contribution >= 0.6 is 0 Å². The lowest BCUT2D eigenvalue weighted by molar-refractivity contribution is 0.402. The first-order valence-corrected chi connectivity index (χ1v) is 11.8. The number of aromatic hydroxyl groups is 1. The van der Waals surface area contributed by atoms with E-state index in [1.165, 1.54) is 29.5 Å². The van der Waals surface area contributed by atoms with Crippen LogP contribution in [0.1, 0.15) is 24.0 Å². The number of phenolic OH excluding ortho intramolecular Hbond substituents is 1. The van der Waals surface area contributed by atoms with Gasteiger partial charge in [-0.25, -0.2) is 4.98 Å². The van der Waals surface area contributed by atoms with Crippen LogP contribution < -0.4 is 4.90 Å². The number of hydrogen-bond donors (Lipinski definition) is 1. The van der Waals surface area contributed by atoms with E-state index in [-0.39, 0.29) is 5.75 Å². The van der Waals surface area contributed by atoms with Crippen molar-refractivity contribution < 1.29 is 5.11 Å². The van der Waals surface area contributed by atoms with E-state index in [0.29, 0.717) is 0 Å². The topological polar surface area (TPSA) is 36.4 Å². The van der Waals surface area contributed by atoms with Gasteiger partial charge in [-0.15, -0.1) is 0 Å². The molecular weight excluding hydrogens is 404 g/mol. The standard InChI is InChI=1S/C30H30N2O/c1-22-18-27(33)12-13-28(22)29-20-26(25-10-6-3-7-11-25)21-30(31-29)32-16-14-24(15-17-32)19-23-8-4-2-5-9-23/h2-13,18,20-21,24,33H,14-17,19H2,1H3. The molecule has 0 saturated carbocycles. The molecule has 1 fully saturated rings. The molecule has 3 aromatic carbocycles. The van der Waals surface area contributed by atoms with Gasteiger partial charge >= 0.3 is 0 Å².